The molecule has 174 valence electrons. The molecule has 0 radical (unpaired) electrons. The van der Waals surface area contributed by atoms with Crippen molar-refractivity contribution in [1.29, 1.82) is 0 Å². The van der Waals surface area contributed by atoms with Gasteiger partial charge in [-0.1, -0.05) is 29.8 Å². The number of rotatable bonds is 6. The molecule has 1 unspecified atom stereocenters. The maximum absolute atomic E-state index is 12.3. The van der Waals surface area contributed by atoms with Crippen LogP contribution in [0.3, 0.4) is 0 Å². The molecule has 1 fully saturated rings. The smallest absolute Gasteiger partial charge is 0.290 e. The number of hydrogen-bond donors (Lipinski definition) is 3. The first-order chi connectivity index (χ1) is 15.4. The van der Waals surface area contributed by atoms with Crippen molar-refractivity contribution in [3.63, 3.8) is 0 Å². The van der Waals surface area contributed by atoms with Crippen molar-refractivity contribution in [2.24, 2.45) is 0 Å². The van der Waals surface area contributed by atoms with Crippen LogP contribution in [0.2, 0.25) is 0 Å². The van der Waals surface area contributed by atoms with E-state index in [1.54, 1.807) is 12.4 Å². The zero-order valence-electron chi connectivity index (χ0n) is 18.4. The van der Waals surface area contributed by atoms with Crippen LogP contribution in [-0.2, 0) is 14.4 Å². The Morgan fingerprint density at radius 2 is 1.66 bits per heavy atom. The Morgan fingerprint density at radius 3 is 2.19 bits per heavy atom. The van der Waals surface area contributed by atoms with E-state index in [1.165, 1.54) is 5.56 Å². The van der Waals surface area contributed by atoms with E-state index < -0.39 is 0 Å². The summed E-state index contributed by atoms with van der Waals surface area (Å²) in [5, 5.41) is 16.9. The van der Waals surface area contributed by atoms with Gasteiger partial charge in [-0.15, -0.1) is 0 Å². The molecule has 0 saturated carbocycles. The number of aryl methyl sites for hydroxylation is 1. The van der Waals surface area contributed by atoms with Gasteiger partial charge in [0.05, 0.1) is 12.6 Å². The number of carbonyl (C=O) groups excluding carboxylic acids is 1. The molecule has 32 heavy (non-hydrogen) atoms. The normalized spacial score (nSPS) is 14.4. The molecule has 9 nitrogen and oxygen atoms in total. The molecule has 2 aromatic rings. The summed E-state index contributed by atoms with van der Waals surface area (Å²) < 4.78 is 5.97. The van der Waals surface area contributed by atoms with Crippen LogP contribution in [-0.4, -0.2) is 64.7 Å². The summed E-state index contributed by atoms with van der Waals surface area (Å²) in [7, 11) is 0. The molecule has 1 aromatic carbocycles. The number of likely N-dealkylation sites (tertiary alicyclic amines) is 1. The second-order valence-corrected chi connectivity index (χ2v) is 7.19. The van der Waals surface area contributed by atoms with Crippen LogP contribution in [0, 0.1) is 6.92 Å². The summed E-state index contributed by atoms with van der Waals surface area (Å²) >= 11 is 0. The molecule has 1 saturated heterocycles. The predicted octanol–water partition coefficient (Wildman–Crippen LogP) is 2.51. The number of nitrogens with one attached hydrogen (secondary N) is 1. The lowest BCUT2D eigenvalue weighted by Crippen LogP contribution is -2.44. The quantitative estimate of drug-likeness (QED) is 0.579. The van der Waals surface area contributed by atoms with Gasteiger partial charge in [0.2, 0.25) is 5.91 Å². The Morgan fingerprint density at radius 1 is 1.12 bits per heavy atom. The number of hydrogen-bond acceptors (Lipinski definition) is 6. The Hall–Kier alpha value is -3.46. The van der Waals surface area contributed by atoms with Crippen molar-refractivity contribution in [2.45, 2.75) is 38.8 Å². The van der Waals surface area contributed by atoms with Crippen molar-refractivity contribution in [2.75, 3.05) is 19.6 Å². The van der Waals surface area contributed by atoms with E-state index in [-0.39, 0.29) is 31.0 Å². The molecule has 1 aromatic heterocycles. The second-order valence-electron chi connectivity index (χ2n) is 7.19. The molecule has 1 atom stereocenters. The molecule has 9 heteroatoms. The van der Waals surface area contributed by atoms with E-state index in [1.807, 2.05) is 19.1 Å². The van der Waals surface area contributed by atoms with E-state index in [9.17, 15) is 4.79 Å². The van der Waals surface area contributed by atoms with Crippen LogP contribution < -0.4 is 10.1 Å². The minimum Gasteiger partial charge on any atom is -0.490 e. The summed E-state index contributed by atoms with van der Waals surface area (Å²) in [5.74, 6) is 0.940. The third kappa shape index (κ3) is 10.5. The highest BCUT2D eigenvalue weighted by Crippen LogP contribution is 2.18. The Balaban J connectivity index is 0.000000769. The number of aromatic nitrogens is 1. The molecule has 3 rings (SSSR count). The Bertz CT molecular complexity index is 787. The lowest BCUT2D eigenvalue weighted by atomic mass is 10.1. The minimum atomic E-state index is -0.250. The Labute approximate surface area is 188 Å². The van der Waals surface area contributed by atoms with E-state index in [0.29, 0.717) is 6.54 Å². The monoisotopic (exact) mass is 445 g/mol. The number of carboxylic acid groups (broad SMARTS) is 2. The predicted molar refractivity (Wildman–Crippen MR) is 119 cm³/mol. The molecule has 0 bridgehead atoms. The number of nitrogens with zero attached hydrogens (tertiary/aromatic N) is 2. The van der Waals surface area contributed by atoms with Gasteiger partial charge in [0.15, 0.2) is 0 Å². The fourth-order valence-electron chi connectivity index (χ4n) is 3.22. The molecule has 0 aliphatic carbocycles. The van der Waals surface area contributed by atoms with Crippen LogP contribution in [0.4, 0.5) is 0 Å². The van der Waals surface area contributed by atoms with Gasteiger partial charge in [0, 0.05) is 25.5 Å². The molecular formula is C23H31N3O6. The van der Waals surface area contributed by atoms with Crippen molar-refractivity contribution >= 4 is 18.9 Å². The van der Waals surface area contributed by atoms with Gasteiger partial charge < -0.3 is 20.3 Å². The number of piperidine rings is 1. The molecule has 0 spiro atoms. The largest absolute Gasteiger partial charge is 0.490 e. The third-order valence-electron chi connectivity index (χ3n) is 4.81. The first-order valence-electron chi connectivity index (χ1n) is 10.2. The zero-order valence-corrected chi connectivity index (χ0v) is 18.4. The highest BCUT2D eigenvalue weighted by Gasteiger charge is 2.22. The van der Waals surface area contributed by atoms with Gasteiger partial charge in [-0.3, -0.25) is 24.3 Å². The van der Waals surface area contributed by atoms with Gasteiger partial charge >= 0.3 is 0 Å². The highest BCUT2D eigenvalue weighted by molar-refractivity contribution is 5.78. The average molecular weight is 446 g/mol. The Kier molecular flexibility index (Phi) is 12.8. The van der Waals surface area contributed by atoms with Gasteiger partial charge in [-0.05, 0) is 44.4 Å². The van der Waals surface area contributed by atoms with Gasteiger partial charge in [0.1, 0.15) is 11.9 Å². The van der Waals surface area contributed by atoms with Crippen LogP contribution in [0.25, 0.3) is 0 Å². The van der Waals surface area contributed by atoms with Gasteiger partial charge in [-0.2, -0.15) is 0 Å². The summed E-state index contributed by atoms with van der Waals surface area (Å²) in [6.07, 6.45) is 5.56. The second kappa shape index (κ2) is 15.4. The number of pyridine rings is 1. The molecule has 3 N–H and O–H groups in total. The van der Waals surface area contributed by atoms with E-state index >= 15 is 0 Å². The van der Waals surface area contributed by atoms with Crippen molar-refractivity contribution in [3.8, 4) is 5.75 Å². The first kappa shape index (κ1) is 26.6. The maximum Gasteiger partial charge on any atom is 0.290 e. The number of benzene rings is 1. The van der Waals surface area contributed by atoms with Crippen LogP contribution in [0.1, 0.15) is 36.9 Å². The van der Waals surface area contributed by atoms with E-state index in [0.717, 1.165) is 37.2 Å². The highest BCUT2D eigenvalue weighted by atomic mass is 16.5. The standard InChI is InChI=1S/C21H27N3O2.2CH2O2/c1-16-3-5-18(6-4-16)17(2)23-21(25)15-24-13-9-20(10-14-24)26-19-7-11-22-12-8-19;2*2-1-3/h3-8,11-12,17,20H,9-10,13-15H2,1-2H3,(H,23,25);2*1H,(H,2,3). The molecule has 2 heterocycles. The lowest BCUT2D eigenvalue weighted by molar-refractivity contribution is -0.124. The van der Waals surface area contributed by atoms with Crippen molar-refractivity contribution < 1.29 is 29.3 Å². The number of carbonyl (C=O) groups is 3. The van der Waals surface area contributed by atoms with Gasteiger partial charge in [0.25, 0.3) is 12.9 Å². The van der Waals surface area contributed by atoms with Crippen LogP contribution in [0.15, 0.2) is 48.8 Å². The van der Waals surface area contributed by atoms with Crippen molar-refractivity contribution in [3.05, 3.63) is 59.9 Å². The number of amides is 1. The van der Waals surface area contributed by atoms with Crippen molar-refractivity contribution in [1.82, 2.24) is 15.2 Å². The third-order valence-corrected chi connectivity index (χ3v) is 4.81. The van der Waals surface area contributed by atoms with Gasteiger partial charge in [-0.25, -0.2) is 0 Å². The molecular weight excluding hydrogens is 414 g/mol. The fourth-order valence-corrected chi connectivity index (χ4v) is 3.22. The SMILES string of the molecule is Cc1ccc(C(C)NC(=O)CN2CCC(Oc3ccncc3)CC2)cc1.O=CO.O=CO. The average Bonchev–Trinajstić information content (AvgIpc) is 2.77. The molecule has 1 aliphatic heterocycles. The minimum absolute atomic E-state index is 0.0238. The van der Waals surface area contributed by atoms with Crippen LogP contribution in [0.5, 0.6) is 5.75 Å². The topological polar surface area (TPSA) is 129 Å². The maximum atomic E-state index is 12.3. The summed E-state index contributed by atoms with van der Waals surface area (Å²) in [5.41, 5.74) is 2.36. The lowest BCUT2D eigenvalue weighted by Gasteiger charge is -2.32. The van der Waals surface area contributed by atoms with Crippen LogP contribution >= 0.6 is 0 Å². The fraction of sp³-hybridized carbons (Fsp3) is 0.391. The molecule has 1 amide bonds. The molecule has 1 aliphatic rings. The first-order valence-corrected chi connectivity index (χ1v) is 10.2. The zero-order chi connectivity index (χ0) is 23.8. The summed E-state index contributed by atoms with van der Waals surface area (Å²) in [4.78, 5) is 35.3. The number of ether oxygens (including phenoxy) is 1. The summed E-state index contributed by atoms with van der Waals surface area (Å²) in [6.45, 7) is 5.79. The van der Waals surface area contributed by atoms with E-state index in [2.05, 4.69) is 46.4 Å². The van der Waals surface area contributed by atoms with E-state index in [4.69, 9.17) is 24.5 Å². The summed E-state index contributed by atoms with van der Waals surface area (Å²) in [6, 6.07) is 12.1.